The fourth-order valence-corrected chi connectivity index (χ4v) is 3.55. The molecule has 0 aromatic heterocycles. The summed E-state index contributed by atoms with van der Waals surface area (Å²) in [6.45, 7) is 5.15. The summed E-state index contributed by atoms with van der Waals surface area (Å²) >= 11 is 0. The van der Waals surface area contributed by atoms with Gasteiger partial charge < -0.3 is 10.2 Å². The van der Waals surface area contributed by atoms with E-state index < -0.39 is 0 Å². The van der Waals surface area contributed by atoms with Crippen LogP contribution in [0.15, 0.2) is 30.3 Å². The van der Waals surface area contributed by atoms with Gasteiger partial charge in [0.05, 0.1) is 0 Å². The van der Waals surface area contributed by atoms with E-state index in [1.54, 1.807) is 0 Å². The average Bonchev–Trinajstić information content (AvgIpc) is 3.37. The molecule has 1 saturated heterocycles. The predicted molar refractivity (Wildman–Crippen MR) is 89.6 cm³/mol. The lowest BCUT2D eigenvalue weighted by molar-refractivity contribution is 0.194. The molecule has 0 bridgehead atoms. The van der Waals surface area contributed by atoms with Gasteiger partial charge >= 0.3 is 0 Å². The average molecular weight is 286 g/mol. The molecule has 0 unspecified atom stereocenters. The Morgan fingerprint density at radius 2 is 1.71 bits per heavy atom. The molecule has 1 aliphatic heterocycles. The second-order valence-corrected chi connectivity index (χ2v) is 6.86. The fraction of sp³-hybridized carbons (Fsp3) is 0.684. The normalized spacial score (nSPS) is 20.0. The van der Waals surface area contributed by atoms with Crippen LogP contribution in [-0.2, 0) is 6.42 Å². The van der Waals surface area contributed by atoms with Gasteiger partial charge in [-0.2, -0.15) is 0 Å². The quantitative estimate of drug-likeness (QED) is 0.736. The molecule has 2 fully saturated rings. The Morgan fingerprint density at radius 1 is 0.952 bits per heavy atom. The maximum absolute atomic E-state index is 3.48. The third-order valence-electron chi connectivity index (χ3n) is 5.02. The van der Waals surface area contributed by atoms with Crippen molar-refractivity contribution in [1.82, 2.24) is 10.2 Å². The van der Waals surface area contributed by atoms with Crippen molar-refractivity contribution in [3.63, 3.8) is 0 Å². The highest BCUT2D eigenvalue weighted by atomic mass is 15.2. The first-order valence-corrected chi connectivity index (χ1v) is 8.90. The molecule has 21 heavy (non-hydrogen) atoms. The fourth-order valence-electron chi connectivity index (χ4n) is 3.55. The molecular formula is C19H30N2. The summed E-state index contributed by atoms with van der Waals surface area (Å²) < 4.78 is 0. The zero-order valence-corrected chi connectivity index (χ0v) is 13.3. The minimum absolute atomic E-state index is 0.927. The number of hydrogen-bond acceptors (Lipinski definition) is 2. The molecule has 0 amide bonds. The monoisotopic (exact) mass is 286 g/mol. The van der Waals surface area contributed by atoms with Crippen LogP contribution in [0, 0.1) is 5.92 Å². The van der Waals surface area contributed by atoms with Crippen molar-refractivity contribution in [2.24, 2.45) is 5.92 Å². The molecule has 116 valence electrons. The van der Waals surface area contributed by atoms with Gasteiger partial charge in [-0.05, 0) is 76.1 Å². The van der Waals surface area contributed by atoms with E-state index in [1.165, 1.54) is 76.7 Å². The lowest BCUT2D eigenvalue weighted by atomic mass is 9.97. The van der Waals surface area contributed by atoms with Gasteiger partial charge in [-0.3, -0.25) is 0 Å². The smallest absolute Gasteiger partial charge is 0.00965 e. The molecule has 2 heteroatoms. The summed E-state index contributed by atoms with van der Waals surface area (Å²) in [6.07, 6.45) is 9.59. The van der Waals surface area contributed by atoms with Gasteiger partial charge in [-0.15, -0.1) is 0 Å². The Morgan fingerprint density at radius 3 is 2.43 bits per heavy atom. The second kappa shape index (κ2) is 7.95. The van der Waals surface area contributed by atoms with E-state index in [0.717, 1.165) is 12.0 Å². The molecular weight excluding hydrogens is 256 g/mol. The van der Waals surface area contributed by atoms with Gasteiger partial charge in [0.1, 0.15) is 0 Å². The van der Waals surface area contributed by atoms with Gasteiger partial charge in [-0.1, -0.05) is 30.3 Å². The summed E-state index contributed by atoms with van der Waals surface area (Å²) in [7, 11) is 0. The van der Waals surface area contributed by atoms with E-state index >= 15 is 0 Å². The van der Waals surface area contributed by atoms with Crippen molar-refractivity contribution < 1.29 is 0 Å². The molecule has 3 rings (SSSR count). The topological polar surface area (TPSA) is 15.3 Å². The second-order valence-electron chi connectivity index (χ2n) is 6.86. The third-order valence-corrected chi connectivity index (χ3v) is 5.02. The number of benzene rings is 1. The van der Waals surface area contributed by atoms with Gasteiger partial charge in [0, 0.05) is 12.6 Å². The van der Waals surface area contributed by atoms with Crippen molar-refractivity contribution in [3.8, 4) is 0 Å². The van der Waals surface area contributed by atoms with E-state index in [4.69, 9.17) is 0 Å². The van der Waals surface area contributed by atoms with E-state index in [1.807, 2.05) is 0 Å². The summed E-state index contributed by atoms with van der Waals surface area (Å²) in [5.41, 5.74) is 1.49. The molecule has 0 spiro atoms. The van der Waals surface area contributed by atoms with Crippen LogP contribution in [0.4, 0.5) is 0 Å². The first kappa shape index (κ1) is 15.1. The Hall–Kier alpha value is -0.860. The van der Waals surface area contributed by atoms with Crippen LogP contribution in [0.2, 0.25) is 0 Å². The minimum atomic E-state index is 0.927. The Labute approximate surface area is 129 Å². The van der Waals surface area contributed by atoms with Crippen LogP contribution in [0.3, 0.4) is 0 Å². The molecule has 1 N–H and O–H groups in total. The highest BCUT2D eigenvalue weighted by molar-refractivity contribution is 5.14. The molecule has 1 heterocycles. The van der Waals surface area contributed by atoms with Crippen molar-refractivity contribution in [2.75, 3.05) is 26.2 Å². The van der Waals surface area contributed by atoms with Gasteiger partial charge in [0.15, 0.2) is 0 Å². The maximum Gasteiger partial charge on any atom is 0.00965 e. The van der Waals surface area contributed by atoms with E-state index in [0.29, 0.717) is 0 Å². The van der Waals surface area contributed by atoms with Crippen LogP contribution < -0.4 is 5.32 Å². The van der Waals surface area contributed by atoms with Crippen molar-refractivity contribution in [1.29, 1.82) is 0 Å². The Bertz CT molecular complexity index is 393. The number of nitrogens with one attached hydrogen (secondary N) is 1. The number of nitrogens with zero attached hydrogens (tertiary/aromatic N) is 1. The predicted octanol–water partition coefficient (Wildman–Crippen LogP) is 3.47. The van der Waals surface area contributed by atoms with Crippen molar-refractivity contribution in [2.45, 2.75) is 51.0 Å². The first-order chi connectivity index (χ1) is 10.4. The third kappa shape index (κ3) is 5.12. The van der Waals surface area contributed by atoms with Crippen molar-refractivity contribution >= 4 is 0 Å². The molecule has 1 saturated carbocycles. The van der Waals surface area contributed by atoms with Gasteiger partial charge in [0.2, 0.25) is 0 Å². The molecule has 0 atom stereocenters. The Balaban J connectivity index is 1.37. The van der Waals surface area contributed by atoms with E-state index in [2.05, 4.69) is 40.5 Å². The number of aryl methyl sites for hydroxylation is 1. The van der Waals surface area contributed by atoms with Gasteiger partial charge in [-0.25, -0.2) is 0 Å². The molecule has 1 aromatic carbocycles. The summed E-state index contributed by atoms with van der Waals surface area (Å²) in [4.78, 5) is 2.81. The SMILES string of the molecule is c1ccc(CCCCN(CC2CCNCC2)C2CC2)cc1. The summed E-state index contributed by atoms with van der Waals surface area (Å²) in [5.74, 6) is 0.945. The summed E-state index contributed by atoms with van der Waals surface area (Å²) in [6, 6.07) is 11.9. The summed E-state index contributed by atoms with van der Waals surface area (Å²) in [5, 5.41) is 3.48. The standard InChI is InChI=1S/C19H30N2/c1-2-6-17(7-3-1)8-4-5-15-21(19-9-10-19)16-18-11-13-20-14-12-18/h1-3,6-7,18-20H,4-5,8-16H2. The lowest BCUT2D eigenvalue weighted by Crippen LogP contribution is -2.37. The van der Waals surface area contributed by atoms with Crippen LogP contribution in [0.25, 0.3) is 0 Å². The first-order valence-electron chi connectivity index (χ1n) is 8.90. The van der Waals surface area contributed by atoms with Gasteiger partial charge in [0.25, 0.3) is 0 Å². The largest absolute Gasteiger partial charge is 0.317 e. The lowest BCUT2D eigenvalue weighted by Gasteiger charge is -2.30. The highest BCUT2D eigenvalue weighted by Crippen LogP contribution is 2.29. The van der Waals surface area contributed by atoms with Crippen LogP contribution in [-0.4, -0.2) is 37.1 Å². The minimum Gasteiger partial charge on any atom is -0.317 e. The maximum atomic E-state index is 3.48. The van der Waals surface area contributed by atoms with E-state index in [-0.39, 0.29) is 0 Å². The van der Waals surface area contributed by atoms with Crippen LogP contribution >= 0.6 is 0 Å². The highest BCUT2D eigenvalue weighted by Gasteiger charge is 2.30. The van der Waals surface area contributed by atoms with E-state index in [9.17, 15) is 0 Å². The van der Waals surface area contributed by atoms with Crippen LogP contribution in [0.1, 0.15) is 44.1 Å². The Kier molecular flexibility index (Phi) is 5.70. The molecule has 2 nitrogen and oxygen atoms in total. The number of rotatable bonds is 8. The zero-order valence-electron chi connectivity index (χ0n) is 13.3. The number of unbranched alkanes of at least 4 members (excludes halogenated alkanes) is 1. The van der Waals surface area contributed by atoms with Crippen molar-refractivity contribution in [3.05, 3.63) is 35.9 Å². The molecule has 0 radical (unpaired) electrons. The zero-order chi connectivity index (χ0) is 14.3. The molecule has 2 aliphatic rings. The van der Waals surface area contributed by atoms with Crippen LogP contribution in [0.5, 0.6) is 0 Å². The number of hydrogen-bond donors (Lipinski definition) is 1. The number of piperidine rings is 1. The molecule has 1 aliphatic carbocycles. The molecule has 1 aromatic rings.